The van der Waals surface area contributed by atoms with Gasteiger partial charge in [-0.3, -0.25) is 0 Å². The lowest BCUT2D eigenvalue weighted by Gasteiger charge is -1.99. The highest BCUT2D eigenvalue weighted by Crippen LogP contribution is 2.30. The van der Waals surface area contributed by atoms with Crippen molar-refractivity contribution in [1.29, 1.82) is 0 Å². The van der Waals surface area contributed by atoms with Gasteiger partial charge in [0.1, 0.15) is 11.6 Å². The third-order valence-corrected chi connectivity index (χ3v) is 10.9. The summed E-state index contributed by atoms with van der Waals surface area (Å²) in [6.45, 7) is 0. The van der Waals surface area contributed by atoms with Gasteiger partial charge in [0.15, 0.2) is 0 Å². The van der Waals surface area contributed by atoms with Crippen LogP contribution in [0.2, 0.25) is 0 Å². The summed E-state index contributed by atoms with van der Waals surface area (Å²) in [4.78, 5) is 18.9. The van der Waals surface area contributed by atoms with Gasteiger partial charge >= 0.3 is 0 Å². The lowest BCUT2D eigenvalue weighted by atomic mass is 10.3. The third-order valence-electron chi connectivity index (χ3n) is 4.74. The zero-order valence-electron chi connectivity index (χ0n) is 15.6. The fourth-order valence-electron chi connectivity index (χ4n) is 3.37. The molecule has 0 saturated heterocycles. The van der Waals surface area contributed by atoms with E-state index in [1.54, 1.807) is 21.6 Å². The van der Waals surface area contributed by atoms with Crippen LogP contribution in [0.5, 0.6) is 0 Å². The Balaban J connectivity index is 1.20. The summed E-state index contributed by atoms with van der Waals surface area (Å²) in [5, 5.41) is 4.08. The van der Waals surface area contributed by atoms with E-state index in [9.17, 15) is 0 Å². The molecule has 150 valence electrons. The topological polar surface area (TPSA) is 82.1 Å². The molecule has 30 heavy (non-hydrogen) atoms. The molecule has 2 unspecified atom stereocenters. The molecule has 0 bridgehead atoms. The second kappa shape index (κ2) is 7.84. The molecule has 2 N–H and O–H groups in total. The predicted molar refractivity (Wildman–Crippen MR) is 129 cm³/mol. The van der Waals surface area contributed by atoms with Crippen LogP contribution in [0, 0.1) is 0 Å². The molecular formula is C20H16N6S4. The number of aryl methyl sites for hydroxylation is 2. The maximum absolute atomic E-state index is 4.80. The monoisotopic (exact) mass is 468 g/mol. The predicted octanol–water partition coefficient (Wildman–Crippen LogP) is 5.81. The van der Waals surface area contributed by atoms with Gasteiger partial charge in [-0.25, -0.2) is 18.7 Å². The summed E-state index contributed by atoms with van der Waals surface area (Å²) < 4.78 is 8.99. The first-order valence-corrected chi connectivity index (χ1v) is 14.5. The van der Waals surface area contributed by atoms with Crippen molar-refractivity contribution in [1.82, 2.24) is 19.9 Å². The largest absolute Gasteiger partial charge is 0.342 e. The van der Waals surface area contributed by atoms with Crippen molar-refractivity contribution in [2.75, 3.05) is 0 Å². The number of H-pyrrole nitrogens is 2. The number of hydrogen-bond acceptors (Lipinski definition) is 6. The van der Waals surface area contributed by atoms with E-state index >= 15 is 0 Å². The zero-order valence-corrected chi connectivity index (χ0v) is 18.9. The van der Waals surface area contributed by atoms with Gasteiger partial charge in [0.25, 0.3) is 0 Å². The average molecular weight is 469 g/mol. The van der Waals surface area contributed by atoms with Gasteiger partial charge in [0.05, 0.1) is 22.1 Å². The summed E-state index contributed by atoms with van der Waals surface area (Å²) in [5.41, 5.74) is 4.13. The summed E-state index contributed by atoms with van der Waals surface area (Å²) in [6, 6.07) is 12.8. The molecule has 0 spiro atoms. The minimum Gasteiger partial charge on any atom is -0.342 e. The standard InChI is InChI=1S/C20H16N6S4/c1-3-15-17(11-13(1)29-21-7-9-27-29)25-19(23-15)5-6-20-24-16-4-2-14(12-18(16)26-20)30-22-8-10-28-30/h1-4,7-12H,5-6H2,(H,23,25)(H,24,26). The number of aromatic nitrogens is 4. The van der Waals surface area contributed by atoms with Gasteiger partial charge in [-0.05, 0) is 77.4 Å². The van der Waals surface area contributed by atoms with Crippen LogP contribution >= 0.6 is 21.6 Å². The van der Waals surface area contributed by atoms with E-state index in [2.05, 4.69) is 55.1 Å². The molecule has 6 rings (SSSR count). The van der Waals surface area contributed by atoms with Crippen molar-refractivity contribution in [2.24, 2.45) is 8.73 Å². The molecule has 0 radical (unpaired) electrons. The summed E-state index contributed by atoms with van der Waals surface area (Å²) in [6.07, 6.45) is 5.37. The molecule has 2 aliphatic heterocycles. The Hall–Kier alpha value is -2.14. The number of nitrogens with one attached hydrogen (secondary N) is 2. The van der Waals surface area contributed by atoms with Gasteiger partial charge in [0.2, 0.25) is 0 Å². The maximum atomic E-state index is 4.80. The van der Waals surface area contributed by atoms with E-state index in [0.717, 1.165) is 46.6 Å². The van der Waals surface area contributed by atoms with Crippen LogP contribution in [0.1, 0.15) is 11.6 Å². The van der Waals surface area contributed by atoms with E-state index in [1.165, 1.54) is 9.79 Å². The third kappa shape index (κ3) is 3.58. The van der Waals surface area contributed by atoms with E-state index in [-0.39, 0.29) is 19.4 Å². The van der Waals surface area contributed by atoms with Crippen molar-refractivity contribution in [3.8, 4) is 0 Å². The smallest absolute Gasteiger partial charge is 0.107 e. The molecule has 2 aromatic carbocycles. The summed E-state index contributed by atoms with van der Waals surface area (Å²) in [5.74, 6) is 1.96. The Bertz CT molecular complexity index is 1300. The van der Waals surface area contributed by atoms with Crippen LogP contribution in [-0.2, 0) is 32.3 Å². The van der Waals surface area contributed by atoms with Crippen molar-refractivity contribution >= 4 is 63.1 Å². The molecule has 2 aliphatic rings. The number of hydrogen-bond donors (Lipinski definition) is 2. The highest BCUT2D eigenvalue weighted by atomic mass is 33.1. The highest BCUT2D eigenvalue weighted by molar-refractivity contribution is 8.71. The number of aromatic amines is 2. The number of benzene rings is 2. The lowest BCUT2D eigenvalue weighted by molar-refractivity contribution is 0.844. The van der Waals surface area contributed by atoms with Crippen molar-refractivity contribution < 1.29 is 0 Å². The van der Waals surface area contributed by atoms with Crippen LogP contribution in [-0.4, -0.2) is 19.9 Å². The molecule has 0 saturated carbocycles. The normalized spacial score (nSPS) is 20.3. The molecule has 4 aromatic rings. The molecule has 2 aromatic heterocycles. The number of nitrogens with zero attached hydrogens (tertiary/aromatic N) is 4. The van der Waals surface area contributed by atoms with Crippen LogP contribution in [0.4, 0.5) is 0 Å². The molecule has 6 nitrogen and oxygen atoms in total. The molecule has 0 fully saturated rings. The second-order valence-corrected chi connectivity index (χ2v) is 13.0. The Labute approximate surface area is 185 Å². The van der Waals surface area contributed by atoms with Crippen molar-refractivity contribution in [3.05, 3.63) is 71.3 Å². The first-order valence-electron chi connectivity index (χ1n) is 9.34. The molecule has 4 heterocycles. The second-order valence-electron chi connectivity index (χ2n) is 6.70. The molecule has 10 heteroatoms. The van der Waals surface area contributed by atoms with Crippen LogP contribution in [0.25, 0.3) is 22.1 Å². The van der Waals surface area contributed by atoms with E-state index in [0.29, 0.717) is 0 Å². The Morgan fingerprint density at radius 3 is 1.63 bits per heavy atom. The maximum Gasteiger partial charge on any atom is 0.107 e. The van der Waals surface area contributed by atoms with Crippen LogP contribution in [0.3, 0.4) is 0 Å². The fraction of sp³-hybridized carbons (Fsp3) is 0.100. The molecular weight excluding hydrogens is 453 g/mol. The lowest BCUT2D eigenvalue weighted by Crippen LogP contribution is -1.95. The van der Waals surface area contributed by atoms with Gasteiger partial charge in [-0.1, -0.05) is 0 Å². The number of rotatable bonds is 5. The Morgan fingerprint density at radius 1 is 0.700 bits per heavy atom. The average Bonchev–Trinajstić information content (AvgIpc) is 3.56. The Kier molecular flexibility index (Phi) is 4.87. The van der Waals surface area contributed by atoms with Crippen LogP contribution in [0.15, 0.2) is 78.1 Å². The van der Waals surface area contributed by atoms with Gasteiger partial charge in [-0.15, -0.1) is 0 Å². The molecule has 0 aliphatic carbocycles. The quantitative estimate of drug-likeness (QED) is 0.362. The summed E-state index contributed by atoms with van der Waals surface area (Å²) in [7, 11) is 3.23. The van der Waals surface area contributed by atoms with Gasteiger partial charge in [0, 0.05) is 45.8 Å². The summed E-state index contributed by atoms with van der Waals surface area (Å²) >= 11 is 0. The van der Waals surface area contributed by atoms with Crippen molar-refractivity contribution in [2.45, 2.75) is 22.6 Å². The fourth-order valence-corrected chi connectivity index (χ4v) is 8.47. The molecule has 0 amide bonds. The van der Waals surface area contributed by atoms with E-state index in [4.69, 9.17) is 9.97 Å². The first kappa shape index (κ1) is 18.6. The van der Waals surface area contributed by atoms with Crippen LogP contribution < -0.4 is 0 Å². The number of imidazole rings is 2. The minimum absolute atomic E-state index is 0.133. The van der Waals surface area contributed by atoms with Gasteiger partial charge in [-0.2, -0.15) is 0 Å². The SMILES string of the molecule is C1=CSS(c2ccc3[nH]c(CCc4nc5cc(S6=NC=CS6)ccc5[nH]4)nc3c2)=N1. The van der Waals surface area contributed by atoms with Crippen molar-refractivity contribution in [3.63, 3.8) is 0 Å². The van der Waals surface area contributed by atoms with Gasteiger partial charge < -0.3 is 9.97 Å². The van der Waals surface area contributed by atoms with E-state index in [1.807, 2.05) is 23.2 Å². The highest BCUT2D eigenvalue weighted by Gasteiger charge is 2.11. The Morgan fingerprint density at radius 2 is 1.20 bits per heavy atom. The molecule has 2 atom stereocenters. The first-order chi connectivity index (χ1) is 14.8. The van der Waals surface area contributed by atoms with E-state index < -0.39 is 0 Å². The minimum atomic E-state index is -0.133. The number of fused-ring (bicyclic) bond motifs is 2. The zero-order chi connectivity index (χ0) is 19.9.